The van der Waals surface area contributed by atoms with Crippen LogP contribution in [-0.2, 0) is 6.54 Å². The number of primary amides is 1. The maximum Gasteiger partial charge on any atom is 0.284 e. The van der Waals surface area contributed by atoms with Crippen LogP contribution in [0.15, 0.2) is 39.7 Å². The number of rotatable bonds is 7. The lowest BCUT2D eigenvalue weighted by Gasteiger charge is -2.14. The molecule has 8 heteroatoms. The largest absolute Gasteiger partial charge is 0.493 e. The summed E-state index contributed by atoms with van der Waals surface area (Å²) in [6, 6.07) is 8.71. The number of benzene rings is 1. The molecule has 4 N–H and O–H groups in total. The predicted octanol–water partition coefficient (Wildman–Crippen LogP) is 1.97. The molecule has 1 heterocycles. The van der Waals surface area contributed by atoms with Crippen LogP contribution < -0.4 is 25.8 Å². The van der Waals surface area contributed by atoms with Gasteiger partial charge in [-0.2, -0.15) is 0 Å². The number of hydrogen-bond acceptors (Lipinski definition) is 5. The number of carbonyl (C=O) groups is 1. The number of nitrogens with two attached hydrogens (primary N) is 1. The summed E-state index contributed by atoms with van der Waals surface area (Å²) in [5, 5.41) is 6.24. The van der Waals surface area contributed by atoms with E-state index >= 15 is 0 Å². The molecule has 0 saturated heterocycles. The number of hydrogen-bond donors (Lipinski definition) is 3. The van der Waals surface area contributed by atoms with Crippen LogP contribution in [-0.4, -0.2) is 32.6 Å². The van der Waals surface area contributed by atoms with E-state index in [9.17, 15) is 4.79 Å². The van der Waals surface area contributed by atoms with Crippen LogP contribution in [0.4, 0.5) is 5.69 Å². The average Bonchev–Trinajstić information content (AvgIpc) is 3.08. The monoisotopic (exact) mass is 346 g/mol. The lowest BCUT2D eigenvalue weighted by atomic mass is 10.2. The smallest absolute Gasteiger partial charge is 0.284 e. The number of ether oxygens (including phenoxy) is 2. The maximum absolute atomic E-state index is 11.0. The lowest BCUT2D eigenvalue weighted by molar-refractivity contribution is 0.0972. The number of aliphatic imine (C=N–C) groups is 1. The Morgan fingerprint density at radius 2 is 2.08 bits per heavy atom. The van der Waals surface area contributed by atoms with E-state index in [1.54, 1.807) is 20.2 Å². The summed E-state index contributed by atoms with van der Waals surface area (Å²) in [6.07, 6.45) is 0. The Kier molecular flexibility index (Phi) is 6.27. The molecule has 25 heavy (non-hydrogen) atoms. The van der Waals surface area contributed by atoms with Crippen molar-refractivity contribution in [1.82, 2.24) is 5.32 Å². The zero-order valence-corrected chi connectivity index (χ0v) is 14.5. The summed E-state index contributed by atoms with van der Waals surface area (Å²) in [4.78, 5) is 15.2. The van der Waals surface area contributed by atoms with E-state index in [1.807, 2.05) is 25.1 Å². The van der Waals surface area contributed by atoms with E-state index in [2.05, 4.69) is 15.6 Å². The highest BCUT2D eigenvalue weighted by atomic mass is 16.5. The van der Waals surface area contributed by atoms with Crippen molar-refractivity contribution in [2.24, 2.45) is 10.7 Å². The van der Waals surface area contributed by atoms with Gasteiger partial charge in [0.1, 0.15) is 5.76 Å². The first kappa shape index (κ1) is 18.2. The second-order valence-corrected chi connectivity index (χ2v) is 4.98. The molecule has 2 rings (SSSR count). The molecule has 1 aromatic heterocycles. The van der Waals surface area contributed by atoms with Gasteiger partial charge in [0.05, 0.1) is 20.3 Å². The van der Waals surface area contributed by atoms with E-state index in [-0.39, 0.29) is 5.76 Å². The van der Waals surface area contributed by atoms with Crippen molar-refractivity contribution < 1.29 is 18.7 Å². The predicted molar refractivity (Wildman–Crippen MR) is 95.2 cm³/mol. The Labute approximate surface area is 146 Å². The van der Waals surface area contributed by atoms with Crippen LogP contribution in [0.25, 0.3) is 0 Å². The summed E-state index contributed by atoms with van der Waals surface area (Å²) in [5.74, 6) is 1.92. The summed E-state index contributed by atoms with van der Waals surface area (Å²) >= 11 is 0. The number of carbonyl (C=O) groups excluding carboxylic acids is 1. The van der Waals surface area contributed by atoms with Crippen molar-refractivity contribution in [3.63, 3.8) is 0 Å². The van der Waals surface area contributed by atoms with Crippen LogP contribution in [0.3, 0.4) is 0 Å². The fourth-order valence-electron chi connectivity index (χ4n) is 2.11. The Bertz CT molecular complexity index is 755. The molecule has 8 nitrogen and oxygen atoms in total. The summed E-state index contributed by atoms with van der Waals surface area (Å²) < 4.78 is 16.1. The highest BCUT2D eigenvalue weighted by Gasteiger charge is 2.09. The zero-order chi connectivity index (χ0) is 18.2. The minimum Gasteiger partial charge on any atom is -0.493 e. The topological polar surface area (TPSA) is 111 Å². The Morgan fingerprint density at radius 3 is 2.68 bits per heavy atom. The Hall–Kier alpha value is -3.16. The van der Waals surface area contributed by atoms with E-state index in [0.717, 1.165) is 5.69 Å². The summed E-state index contributed by atoms with van der Waals surface area (Å²) in [7, 11) is 3.24. The van der Waals surface area contributed by atoms with Gasteiger partial charge in [-0.15, -0.1) is 0 Å². The van der Waals surface area contributed by atoms with Crippen LogP contribution in [0.1, 0.15) is 23.2 Å². The molecule has 0 aliphatic carbocycles. The van der Waals surface area contributed by atoms with Gasteiger partial charge in [0.2, 0.25) is 0 Å². The third-order valence-electron chi connectivity index (χ3n) is 3.28. The fourth-order valence-corrected chi connectivity index (χ4v) is 2.11. The van der Waals surface area contributed by atoms with Crippen molar-refractivity contribution in [2.45, 2.75) is 13.5 Å². The Morgan fingerprint density at radius 1 is 1.28 bits per heavy atom. The van der Waals surface area contributed by atoms with Gasteiger partial charge in [0.25, 0.3) is 5.91 Å². The van der Waals surface area contributed by atoms with Crippen molar-refractivity contribution in [3.05, 3.63) is 41.9 Å². The van der Waals surface area contributed by atoms with Crippen molar-refractivity contribution in [3.8, 4) is 11.5 Å². The van der Waals surface area contributed by atoms with Crippen molar-refractivity contribution in [2.75, 3.05) is 26.1 Å². The van der Waals surface area contributed by atoms with Crippen molar-refractivity contribution >= 4 is 17.6 Å². The molecule has 1 amide bonds. The van der Waals surface area contributed by atoms with Crippen LogP contribution in [0.2, 0.25) is 0 Å². The van der Waals surface area contributed by atoms with Crippen LogP contribution in [0.5, 0.6) is 11.5 Å². The maximum atomic E-state index is 11.0. The standard InChI is InChI=1S/C17H22N4O4/c1-4-24-15-9-11(5-7-13(15)23-3)21-17(19-2)20-10-12-6-8-14(25-12)16(18)22/h5-9H,4,10H2,1-3H3,(H2,18,22)(H2,19,20,21). The first-order valence-electron chi connectivity index (χ1n) is 7.74. The van der Waals surface area contributed by atoms with Gasteiger partial charge in [-0.05, 0) is 31.2 Å². The van der Waals surface area contributed by atoms with Gasteiger partial charge in [0, 0.05) is 18.8 Å². The first-order valence-corrected chi connectivity index (χ1v) is 7.74. The van der Waals surface area contributed by atoms with Crippen molar-refractivity contribution in [1.29, 1.82) is 0 Å². The third-order valence-corrected chi connectivity index (χ3v) is 3.28. The Balaban J connectivity index is 2.01. The first-order chi connectivity index (χ1) is 12.1. The number of nitrogens with zero attached hydrogens (tertiary/aromatic N) is 1. The molecule has 0 spiro atoms. The number of furan rings is 1. The van der Waals surface area contributed by atoms with Gasteiger partial charge in [-0.3, -0.25) is 9.79 Å². The normalized spacial score (nSPS) is 11.1. The van der Waals surface area contributed by atoms with Crippen LogP contribution in [0, 0.1) is 0 Å². The fraction of sp³-hybridized carbons (Fsp3) is 0.294. The molecule has 0 radical (unpaired) electrons. The third kappa shape index (κ3) is 4.90. The number of nitrogens with one attached hydrogen (secondary N) is 2. The van der Waals surface area contributed by atoms with Gasteiger partial charge in [-0.25, -0.2) is 0 Å². The molecule has 2 aromatic rings. The van der Waals surface area contributed by atoms with E-state index < -0.39 is 5.91 Å². The molecule has 134 valence electrons. The molecule has 0 saturated carbocycles. The second kappa shape index (κ2) is 8.62. The molecule has 0 aliphatic heterocycles. The lowest BCUT2D eigenvalue weighted by Crippen LogP contribution is -2.30. The van der Waals surface area contributed by atoms with Gasteiger partial charge >= 0.3 is 0 Å². The van der Waals surface area contributed by atoms with Gasteiger partial charge in [-0.1, -0.05) is 0 Å². The summed E-state index contributed by atoms with van der Waals surface area (Å²) in [6.45, 7) is 2.79. The number of amides is 1. The van der Waals surface area contributed by atoms with Gasteiger partial charge in [0.15, 0.2) is 23.2 Å². The number of methoxy groups -OCH3 is 1. The molecular weight excluding hydrogens is 324 g/mol. The minimum atomic E-state index is -0.601. The highest BCUT2D eigenvalue weighted by molar-refractivity contribution is 5.94. The minimum absolute atomic E-state index is 0.122. The quantitative estimate of drug-likeness (QED) is 0.522. The summed E-state index contributed by atoms with van der Waals surface area (Å²) in [5.41, 5.74) is 5.95. The van der Waals surface area contributed by atoms with E-state index in [0.29, 0.717) is 36.4 Å². The van der Waals surface area contributed by atoms with E-state index in [4.69, 9.17) is 19.6 Å². The molecule has 0 fully saturated rings. The molecule has 0 unspecified atom stereocenters. The zero-order valence-electron chi connectivity index (χ0n) is 14.5. The average molecular weight is 346 g/mol. The van der Waals surface area contributed by atoms with Gasteiger partial charge < -0.3 is 30.3 Å². The number of anilines is 1. The van der Waals surface area contributed by atoms with Crippen LogP contribution >= 0.6 is 0 Å². The van der Waals surface area contributed by atoms with E-state index in [1.165, 1.54) is 6.07 Å². The molecule has 1 aromatic carbocycles. The second-order valence-electron chi connectivity index (χ2n) is 4.98. The molecule has 0 atom stereocenters. The molecular formula is C17H22N4O4. The molecule has 0 bridgehead atoms. The SMILES string of the molecule is CCOc1cc(NC(=NC)NCc2ccc(C(N)=O)o2)ccc1OC. The number of guanidine groups is 1. The highest BCUT2D eigenvalue weighted by Crippen LogP contribution is 2.30. The molecule has 0 aliphatic rings.